The summed E-state index contributed by atoms with van der Waals surface area (Å²) in [6.07, 6.45) is 3.81. The van der Waals surface area contributed by atoms with Crippen LogP contribution in [0, 0.1) is 0 Å². The zero-order valence-corrected chi connectivity index (χ0v) is 15.1. The Labute approximate surface area is 160 Å². The van der Waals surface area contributed by atoms with Crippen molar-refractivity contribution in [2.24, 2.45) is 0 Å². The second kappa shape index (κ2) is 7.59. The molecule has 6 nitrogen and oxygen atoms in total. The van der Waals surface area contributed by atoms with Crippen LogP contribution in [0.15, 0.2) is 59.8 Å². The third-order valence-corrected chi connectivity index (χ3v) is 4.97. The Balaban J connectivity index is 1.33. The molecule has 0 atom stereocenters. The van der Waals surface area contributed by atoms with Crippen LogP contribution >= 0.6 is 11.8 Å². The molecule has 0 spiro atoms. The van der Waals surface area contributed by atoms with Gasteiger partial charge < -0.3 is 0 Å². The Hall–Kier alpha value is -3.19. The number of hydrogen-bond donors (Lipinski definition) is 1. The number of nitrogens with zero attached hydrogens (tertiary/aromatic N) is 3. The van der Waals surface area contributed by atoms with Crippen molar-refractivity contribution in [3.05, 3.63) is 77.1 Å². The van der Waals surface area contributed by atoms with Gasteiger partial charge in [-0.2, -0.15) is 0 Å². The largest absolute Gasteiger partial charge is 0.273 e. The molecule has 1 N–H and O–H groups in total. The average Bonchev–Trinajstić information content (AvgIpc) is 3.26. The van der Waals surface area contributed by atoms with E-state index in [4.69, 9.17) is 0 Å². The van der Waals surface area contributed by atoms with Gasteiger partial charge in [0, 0.05) is 12.3 Å². The number of rotatable bonds is 6. The molecule has 0 saturated carbocycles. The van der Waals surface area contributed by atoms with E-state index in [0.717, 1.165) is 5.56 Å². The molecule has 7 heteroatoms. The fraction of sp³-hybridized carbons (Fsp3) is 0.100. The number of aromatic amines is 1. The predicted octanol–water partition coefficient (Wildman–Crippen LogP) is 3.36. The summed E-state index contributed by atoms with van der Waals surface area (Å²) in [6.45, 7) is 0.320. The summed E-state index contributed by atoms with van der Waals surface area (Å²) >= 11 is 1.40. The maximum absolute atomic E-state index is 12.3. The Bertz CT molecular complexity index is 979. The minimum absolute atomic E-state index is 0.238. The van der Waals surface area contributed by atoms with Gasteiger partial charge in [0.1, 0.15) is 5.82 Å². The number of carbonyl (C=O) groups is 2. The second-order valence-corrected chi connectivity index (χ2v) is 6.97. The van der Waals surface area contributed by atoms with Gasteiger partial charge in [0.15, 0.2) is 0 Å². The number of aromatic nitrogens is 3. The number of benzene rings is 2. The summed E-state index contributed by atoms with van der Waals surface area (Å²) in [7, 11) is 0. The van der Waals surface area contributed by atoms with E-state index < -0.39 is 0 Å². The fourth-order valence-electron chi connectivity index (χ4n) is 2.81. The second-order valence-electron chi connectivity index (χ2n) is 5.90. The molecule has 2 amide bonds. The highest BCUT2D eigenvalue weighted by atomic mass is 32.2. The van der Waals surface area contributed by atoms with Gasteiger partial charge in [0.05, 0.1) is 11.1 Å². The lowest BCUT2D eigenvalue weighted by Crippen LogP contribution is -2.31. The summed E-state index contributed by atoms with van der Waals surface area (Å²) in [5.41, 5.74) is 2.02. The van der Waals surface area contributed by atoms with Gasteiger partial charge in [0.2, 0.25) is 5.16 Å². The molecule has 0 fully saturated rings. The summed E-state index contributed by atoms with van der Waals surface area (Å²) in [6, 6.07) is 16.8. The lowest BCUT2D eigenvalue weighted by Gasteiger charge is -2.12. The molecule has 0 aliphatic carbocycles. The summed E-state index contributed by atoms with van der Waals surface area (Å²) in [4.78, 5) is 30.3. The van der Waals surface area contributed by atoms with Crippen molar-refractivity contribution in [3.63, 3.8) is 0 Å². The molecule has 1 aliphatic rings. The third-order valence-electron chi connectivity index (χ3n) is 4.14. The molecule has 0 bridgehead atoms. The van der Waals surface area contributed by atoms with E-state index in [9.17, 15) is 9.59 Å². The molecule has 1 aromatic heterocycles. The van der Waals surface area contributed by atoms with Crippen molar-refractivity contribution in [3.8, 4) is 0 Å². The van der Waals surface area contributed by atoms with Crippen LogP contribution in [-0.2, 0) is 0 Å². The van der Waals surface area contributed by atoms with Gasteiger partial charge in [-0.25, -0.2) is 4.98 Å². The first-order valence-corrected chi connectivity index (χ1v) is 9.44. The van der Waals surface area contributed by atoms with Crippen LogP contribution in [-0.4, -0.2) is 44.2 Å². The van der Waals surface area contributed by atoms with Crippen LogP contribution in [0.2, 0.25) is 0 Å². The number of fused-ring (bicyclic) bond motifs is 1. The standard InChI is InChI=1S/C20H16N4O2S/c25-18-15-8-4-5-9-16(15)19(26)24(18)12-13-27-20-21-17(22-23-20)11-10-14-6-2-1-3-7-14/h1-11H,12-13H2,(H,21,22,23)/b11-10+. The number of amides is 2. The maximum Gasteiger partial charge on any atom is 0.261 e. The molecule has 4 rings (SSSR count). The number of imide groups is 1. The lowest BCUT2D eigenvalue weighted by molar-refractivity contribution is 0.0664. The van der Waals surface area contributed by atoms with Crippen molar-refractivity contribution >= 4 is 35.7 Å². The van der Waals surface area contributed by atoms with Crippen molar-refractivity contribution in [2.45, 2.75) is 5.16 Å². The molecule has 27 heavy (non-hydrogen) atoms. The lowest BCUT2D eigenvalue weighted by atomic mass is 10.1. The highest BCUT2D eigenvalue weighted by Crippen LogP contribution is 2.23. The van der Waals surface area contributed by atoms with E-state index in [2.05, 4.69) is 15.2 Å². The van der Waals surface area contributed by atoms with E-state index in [0.29, 0.717) is 34.4 Å². The van der Waals surface area contributed by atoms with Crippen LogP contribution < -0.4 is 0 Å². The SMILES string of the molecule is O=C1c2ccccc2C(=O)N1CCSc1n[nH]c(/C=C/c2ccccc2)n1. The molecule has 0 saturated heterocycles. The van der Waals surface area contributed by atoms with Crippen LogP contribution in [0.1, 0.15) is 32.1 Å². The van der Waals surface area contributed by atoms with Crippen molar-refractivity contribution in [2.75, 3.05) is 12.3 Å². The van der Waals surface area contributed by atoms with Gasteiger partial charge >= 0.3 is 0 Å². The Morgan fingerprint density at radius 2 is 1.59 bits per heavy atom. The summed E-state index contributed by atoms with van der Waals surface area (Å²) in [5, 5.41) is 7.61. The van der Waals surface area contributed by atoms with Crippen LogP contribution in [0.5, 0.6) is 0 Å². The van der Waals surface area contributed by atoms with E-state index >= 15 is 0 Å². The molecule has 134 valence electrons. The van der Waals surface area contributed by atoms with Crippen molar-refractivity contribution < 1.29 is 9.59 Å². The molecule has 0 unspecified atom stereocenters. The smallest absolute Gasteiger partial charge is 0.261 e. The number of H-pyrrole nitrogens is 1. The normalized spacial score (nSPS) is 13.6. The summed E-state index contributed by atoms with van der Waals surface area (Å²) in [5.74, 6) is 0.711. The summed E-state index contributed by atoms with van der Waals surface area (Å²) < 4.78 is 0. The maximum atomic E-state index is 12.3. The van der Waals surface area contributed by atoms with Crippen LogP contribution in [0.4, 0.5) is 0 Å². The number of hydrogen-bond acceptors (Lipinski definition) is 5. The van der Waals surface area contributed by atoms with Crippen LogP contribution in [0.3, 0.4) is 0 Å². The molecule has 2 aromatic carbocycles. The topological polar surface area (TPSA) is 79.0 Å². The first kappa shape index (κ1) is 17.2. The number of carbonyl (C=O) groups excluding carboxylic acids is 2. The highest BCUT2D eigenvalue weighted by molar-refractivity contribution is 7.99. The molecular formula is C20H16N4O2S. The minimum Gasteiger partial charge on any atom is -0.273 e. The Morgan fingerprint density at radius 1 is 0.926 bits per heavy atom. The third kappa shape index (κ3) is 3.68. The first-order valence-electron chi connectivity index (χ1n) is 8.46. The van der Waals surface area contributed by atoms with Gasteiger partial charge in [-0.05, 0) is 23.8 Å². The van der Waals surface area contributed by atoms with Gasteiger partial charge in [-0.3, -0.25) is 19.6 Å². The van der Waals surface area contributed by atoms with E-state index in [1.54, 1.807) is 24.3 Å². The zero-order valence-electron chi connectivity index (χ0n) is 14.3. The predicted molar refractivity (Wildman–Crippen MR) is 104 cm³/mol. The van der Waals surface area contributed by atoms with Gasteiger partial charge in [0.25, 0.3) is 11.8 Å². The Kier molecular flexibility index (Phi) is 4.84. The van der Waals surface area contributed by atoms with E-state index in [-0.39, 0.29) is 11.8 Å². The number of thioether (sulfide) groups is 1. The van der Waals surface area contributed by atoms with E-state index in [1.807, 2.05) is 42.5 Å². The molecule has 2 heterocycles. The molecular weight excluding hydrogens is 360 g/mol. The van der Waals surface area contributed by atoms with E-state index in [1.165, 1.54) is 16.7 Å². The molecule has 3 aromatic rings. The van der Waals surface area contributed by atoms with Crippen molar-refractivity contribution in [1.82, 2.24) is 20.1 Å². The van der Waals surface area contributed by atoms with Crippen LogP contribution in [0.25, 0.3) is 12.2 Å². The highest BCUT2D eigenvalue weighted by Gasteiger charge is 2.34. The monoisotopic (exact) mass is 376 g/mol. The van der Waals surface area contributed by atoms with Gasteiger partial charge in [-0.1, -0.05) is 60.3 Å². The fourth-order valence-corrected chi connectivity index (χ4v) is 3.54. The zero-order chi connectivity index (χ0) is 18.6. The Morgan fingerprint density at radius 3 is 2.30 bits per heavy atom. The number of nitrogens with one attached hydrogen (secondary N) is 1. The minimum atomic E-state index is -0.238. The average molecular weight is 376 g/mol. The first-order chi connectivity index (χ1) is 13.2. The van der Waals surface area contributed by atoms with Crippen molar-refractivity contribution in [1.29, 1.82) is 0 Å². The molecule has 0 radical (unpaired) electrons. The van der Waals surface area contributed by atoms with Gasteiger partial charge in [-0.15, -0.1) is 5.10 Å². The molecule has 1 aliphatic heterocycles. The quantitative estimate of drug-likeness (QED) is 0.527.